The monoisotopic (exact) mass is 332 g/mol. The van der Waals surface area contributed by atoms with Gasteiger partial charge in [-0.2, -0.15) is 0 Å². The lowest BCUT2D eigenvalue weighted by atomic mass is 9.85. The summed E-state index contributed by atoms with van der Waals surface area (Å²) < 4.78 is 0.908. The van der Waals surface area contributed by atoms with Gasteiger partial charge in [-0.15, -0.1) is 0 Å². The summed E-state index contributed by atoms with van der Waals surface area (Å²) in [4.78, 5) is 10.2. The Hall–Kier alpha value is -0.850. The maximum atomic E-state index is 10.6. The Morgan fingerprint density at radius 1 is 1.50 bits per heavy atom. The van der Waals surface area contributed by atoms with Crippen molar-refractivity contribution in [1.82, 2.24) is 0 Å². The normalized spacial score (nSPS) is 15.6. The van der Waals surface area contributed by atoms with E-state index in [4.69, 9.17) is 0 Å². The average Bonchev–Trinajstić information content (AvgIpc) is 2.17. The average molecular weight is 332 g/mol. The van der Waals surface area contributed by atoms with Gasteiger partial charge < -0.3 is 5.32 Å². The Labute approximate surface area is 108 Å². The Balaban J connectivity index is 2.00. The van der Waals surface area contributed by atoms with Crippen LogP contribution < -0.4 is 5.32 Å². The van der Waals surface area contributed by atoms with Crippen LogP contribution >= 0.6 is 22.6 Å². The van der Waals surface area contributed by atoms with E-state index in [1.807, 2.05) is 0 Å². The van der Waals surface area contributed by atoms with Gasteiger partial charge in [0.25, 0.3) is 5.69 Å². The zero-order chi connectivity index (χ0) is 11.5. The van der Waals surface area contributed by atoms with E-state index >= 15 is 0 Å². The van der Waals surface area contributed by atoms with Gasteiger partial charge in [-0.25, -0.2) is 0 Å². The standard InChI is InChI=1S/C11H13IN2O2/c12-10-6-9(14(15)16)4-5-11(10)13-7-8-2-1-3-8/h4-6,8,13H,1-3,7H2. The quantitative estimate of drug-likeness (QED) is 0.522. The van der Waals surface area contributed by atoms with E-state index < -0.39 is 0 Å². The summed E-state index contributed by atoms with van der Waals surface area (Å²) in [5, 5.41) is 13.9. The van der Waals surface area contributed by atoms with Crippen molar-refractivity contribution < 1.29 is 4.92 Å². The van der Waals surface area contributed by atoms with Crippen molar-refractivity contribution in [3.05, 3.63) is 31.9 Å². The molecular formula is C11H13IN2O2. The molecule has 0 amide bonds. The topological polar surface area (TPSA) is 55.2 Å². The second-order valence-electron chi connectivity index (χ2n) is 4.10. The first-order valence-electron chi connectivity index (χ1n) is 5.34. The van der Waals surface area contributed by atoms with Crippen LogP contribution in [0.15, 0.2) is 18.2 Å². The maximum Gasteiger partial charge on any atom is 0.270 e. The number of nitro groups is 1. The molecule has 0 radical (unpaired) electrons. The summed E-state index contributed by atoms with van der Waals surface area (Å²) in [6.07, 6.45) is 3.94. The lowest BCUT2D eigenvalue weighted by Gasteiger charge is -2.26. The molecule has 0 bridgehead atoms. The van der Waals surface area contributed by atoms with Gasteiger partial charge in [0.05, 0.1) is 4.92 Å². The second-order valence-corrected chi connectivity index (χ2v) is 5.26. The van der Waals surface area contributed by atoms with Crippen LogP contribution in [0, 0.1) is 19.6 Å². The molecule has 1 N–H and O–H groups in total. The Morgan fingerprint density at radius 3 is 2.75 bits per heavy atom. The van der Waals surface area contributed by atoms with E-state index in [0.29, 0.717) is 0 Å². The molecule has 1 aliphatic rings. The SMILES string of the molecule is O=[N+]([O-])c1ccc(NCC2CCC2)c(I)c1. The molecule has 1 fully saturated rings. The van der Waals surface area contributed by atoms with E-state index in [9.17, 15) is 10.1 Å². The van der Waals surface area contributed by atoms with Crippen molar-refractivity contribution in [2.45, 2.75) is 19.3 Å². The van der Waals surface area contributed by atoms with Crippen LogP contribution in [0.2, 0.25) is 0 Å². The van der Waals surface area contributed by atoms with E-state index in [0.717, 1.165) is 21.7 Å². The lowest BCUT2D eigenvalue weighted by molar-refractivity contribution is -0.384. The van der Waals surface area contributed by atoms with Crippen LogP contribution in [0.25, 0.3) is 0 Å². The van der Waals surface area contributed by atoms with Gasteiger partial charge in [-0.1, -0.05) is 6.42 Å². The molecule has 1 saturated carbocycles. The fourth-order valence-electron chi connectivity index (χ4n) is 1.71. The molecule has 1 aromatic carbocycles. The number of hydrogen-bond donors (Lipinski definition) is 1. The highest BCUT2D eigenvalue weighted by molar-refractivity contribution is 14.1. The maximum absolute atomic E-state index is 10.6. The van der Waals surface area contributed by atoms with Gasteiger partial charge >= 0.3 is 0 Å². The van der Waals surface area contributed by atoms with Gasteiger partial charge in [-0.05, 0) is 47.4 Å². The molecule has 0 spiro atoms. The number of nitrogens with one attached hydrogen (secondary N) is 1. The fraction of sp³-hybridized carbons (Fsp3) is 0.455. The molecule has 0 heterocycles. The van der Waals surface area contributed by atoms with E-state index in [2.05, 4.69) is 27.9 Å². The van der Waals surface area contributed by atoms with Crippen LogP contribution in [0.3, 0.4) is 0 Å². The molecule has 1 aliphatic carbocycles. The lowest BCUT2D eigenvalue weighted by Crippen LogP contribution is -2.21. The molecule has 0 saturated heterocycles. The third-order valence-corrected chi connectivity index (χ3v) is 3.86. The zero-order valence-electron chi connectivity index (χ0n) is 8.78. The molecule has 4 nitrogen and oxygen atoms in total. The molecule has 0 aromatic heterocycles. The first-order chi connectivity index (χ1) is 7.66. The smallest absolute Gasteiger partial charge is 0.270 e. The van der Waals surface area contributed by atoms with Gasteiger partial charge in [0, 0.05) is 27.9 Å². The molecule has 16 heavy (non-hydrogen) atoms. The summed E-state index contributed by atoms with van der Waals surface area (Å²) in [7, 11) is 0. The number of hydrogen-bond acceptors (Lipinski definition) is 3. The highest BCUT2D eigenvalue weighted by Gasteiger charge is 2.17. The summed E-state index contributed by atoms with van der Waals surface area (Å²) in [6.45, 7) is 0.980. The molecule has 0 unspecified atom stereocenters. The number of rotatable bonds is 4. The predicted octanol–water partition coefficient (Wildman–Crippen LogP) is 3.41. The number of halogens is 1. The Bertz CT molecular complexity index is 405. The van der Waals surface area contributed by atoms with Crippen molar-refractivity contribution in [3.8, 4) is 0 Å². The van der Waals surface area contributed by atoms with E-state index in [1.54, 1.807) is 18.2 Å². The van der Waals surface area contributed by atoms with Crippen LogP contribution in [0.5, 0.6) is 0 Å². The first kappa shape index (κ1) is 11.6. The van der Waals surface area contributed by atoms with Crippen molar-refractivity contribution in [1.29, 1.82) is 0 Å². The molecule has 0 aliphatic heterocycles. The van der Waals surface area contributed by atoms with Crippen LogP contribution in [-0.2, 0) is 0 Å². The fourth-order valence-corrected chi connectivity index (χ4v) is 2.40. The summed E-state index contributed by atoms with van der Waals surface area (Å²) in [6, 6.07) is 4.94. The highest BCUT2D eigenvalue weighted by Crippen LogP contribution is 2.28. The van der Waals surface area contributed by atoms with Crippen molar-refractivity contribution >= 4 is 34.0 Å². The number of anilines is 1. The third kappa shape index (κ3) is 2.63. The van der Waals surface area contributed by atoms with Crippen molar-refractivity contribution in [3.63, 3.8) is 0 Å². The van der Waals surface area contributed by atoms with E-state index in [1.165, 1.54) is 19.3 Å². The summed E-state index contributed by atoms with van der Waals surface area (Å²) in [5.41, 5.74) is 1.15. The summed E-state index contributed by atoms with van der Waals surface area (Å²) in [5.74, 6) is 0.783. The first-order valence-corrected chi connectivity index (χ1v) is 6.42. The van der Waals surface area contributed by atoms with Gasteiger partial charge in [-0.3, -0.25) is 10.1 Å². The number of non-ortho nitro benzene ring substituents is 1. The minimum absolute atomic E-state index is 0.151. The number of benzene rings is 1. The van der Waals surface area contributed by atoms with E-state index in [-0.39, 0.29) is 10.6 Å². The molecule has 86 valence electrons. The summed E-state index contributed by atoms with van der Waals surface area (Å²) >= 11 is 2.13. The molecule has 0 atom stereocenters. The minimum atomic E-state index is -0.363. The van der Waals surface area contributed by atoms with Gasteiger partial charge in [0.15, 0.2) is 0 Å². The molecular weight excluding hydrogens is 319 g/mol. The highest BCUT2D eigenvalue weighted by atomic mass is 127. The molecule has 2 rings (SSSR count). The third-order valence-electron chi connectivity index (χ3n) is 2.97. The van der Waals surface area contributed by atoms with Crippen LogP contribution in [0.4, 0.5) is 11.4 Å². The minimum Gasteiger partial charge on any atom is -0.384 e. The van der Waals surface area contributed by atoms with Crippen LogP contribution in [0.1, 0.15) is 19.3 Å². The van der Waals surface area contributed by atoms with Gasteiger partial charge in [0.1, 0.15) is 0 Å². The van der Waals surface area contributed by atoms with Crippen molar-refractivity contribution in [2.75, 3.05) is 11.9 Å². The number of nitrogens with zero attached hydrogens (tertiary/aromatic N) is 1. The molecule has 1 aromatic rings. The van der Waals surface area contributed by atoms with Crippen LogP contribution in [-0.4, -0.2) is 11.5 Å². The second kappa shape index (κ2) is 4.99. The Morgan fingerprint density at radius 2 is 2.25 bits per heavy atom. The predicted molar refractivity (Wildman–Crippen MR) is 71.6 cm³/mol. The van der Waals surface area contributed by atoms with Gasteiger partial charge in [0.2, 0.25) is 0 Å². The Kier molecular flexibility index (Phi) is 3.63. The largest absolute Gasteiger partial charge is 0.384 e. The van der Waals surface area contributed by atoms with Crippen molar-refractivity contribution in [2.24, 2.45) is 5.92 Å². The molecule has 5 heteroatoms. The zero-order valence-corrected chi connectivity index (χ0v) is 10.9. The number of nitro benzene ring substituents is 1.